The molecule has 0 aliphatic rings. The Bertz CT molecular complexity index is 902. The summed E-state index contributed by atoms with van der Waals surface area (Å²) < 4.78 is 27.8. The van der Waals surface area contributed by atoms with Crippen LogP contribution in [0.4, 0.5) is 5.69 Å². The van der Waals surface area contributed by atoms with Crippen molar-refractivity contribution in [3.63, 3.8) is 0 Å². The third-order valence-corrected chi connectivity index (χ3v) is 5.38. The molecule has 1 N–H and O–H groups in total. The van der Waals surface area contributed by atoms with Crippen molar-refractivity contribution in [3.05, 3.63) is 60.8 Å². The number of aromatic nitrogens is 1. The third kappa shape index (κ3) is 2.93. The number of hydrogen-bond acceptors (Lipinski definition) is 4. The number of hydrogen-bond donors (Lipinski definition) is 1. The van der Waals surface area contributed by atoms with Gasteiger partial charge >= 0.3 is 0 Å². The molecule has 0 unspecified atom stereocenters. The first-order valence-electron chi connectivity index (χ1n) is 6.61. The minimum Gasteiger partial charge on any atom is -0.280 e. The van der Waals surface area contributed by atoms with Crippen LogP contribution in [0.25, 0.3) is 10.9 Å². The maximum Gasteiger partial charge on any atom is 0.264 e. The maximum atomic E-state index is 12.6. The molecule has 0 fully saturated rings. The van der Waals surface area contributed by atoms with E-state index < -0.39 is 10.0 Å². The molecule has 0 saturated heterocycles. The molecule has 0 aliphatic heterocycles. The molecule has 2 aromatic carbocycles. The Morgan fingerprint density at radius 1 is 1.00 bits per heavy atom. The van der Waals surface area contributed by atoms with Gasteiger partial charge in [-0.05, 0) is 42.7 Å². The zero-order valence-electron chi connectivity index (χ0n) is 11.9. The van der Waals surface area contributed by atoms with Crippen LogP contribution >= 0.6 is 11.8 Å². The van der Waals surface area contributed by atoms with Gasteiger partial charge in [0.15, 0.2) is 0 Å². The van der Waals surface area contributed by atoms with E-state index in [1.165, 1.54) is 0 Å². The van der Waals surface area contributed by atoms with Crippen molar-refractivity contribution in [1.82, 2.24) is 4.98 Å². The average Bonchev–Trinajstić information content (AvgIpc) is 2.54. The highest BCUT2D eigenvalue weighted by Gasteiger charge is 2.18. The van der Waals surface area contributed by atoms with Crippen LogP contribution in [0.3, 0.4) is 0 Å². The van der Waals surface area contributed by atoms with Gasteiger partial charge in [0, 0.05) is 22.2 Å². The summed E-state index contributed by atoms with van der Waals surface area (Å²) >= 11 is 1.61. The Morgan fingerprint density at radius 3 is 2.45 bits per heavy atom. The molecular weight excluding hydrogens is 316 g/mol. The molecule has 0 aliphatic carbocycles. The largest absolute Gasteiger partial charge is 0.280 e. The Labute approximate surface area is 133 Å². The lowest BCUT2D eigenvalue weighted by Gasteiger charge is -2.10. The number of anilines is 1. The van der Waals surface area contributed by atoms with E-state index in [2.05, 4.69) is 9.71 Å². The molecule has 112 valence electrons. The highest BCUT2D eigenvalue weighted by atomic mass is 32.2. The normalized spacial score (nSPS) is 11.5. The van der Waals surface area contributed by atoms with E-state index in [-0.39, 0.29) is 4.90 Å². The zero-order chi connectivity index (χ0) is 15.6. The molecule has 0 bridgehead atoms. The lowest BCUT2D eigenvalue weighted by Crippen LogP contribution is -2.13. The van der Waals surface area contributed by atoms with Crippen molar-refractivity contribution in [2.45, 2.75) is 9.79 Å². The van der Waals surface area contributed by atoms with E-state index in [0.29, 0.717) is 11.2 Å². The van der Waals surface area contributed by atoms with Gasteiger partial charge in [-0.15, -0.1) is 11.8 Å². The first-order valence-corrected chi connectivity index (χ1v) is 9.31. The van der Waals surface area contributed by atoms with Gasteiger partial charge in [0.1, 0.15) is 4.90 Å². The van der Waals surface area contributed by atoms with E-state index >= 15 is 0 Å². The van der Waals surface area contributed by atoms with Crippen molar-refractivity contribution in [1.29, 1.82) is 0 Å². The Kier molecular flexibility index (Phi) is 4.04. The Morgan fingerprint density at radius 2 is 1.73 bits per heavy atom. The van der Waals surface area contributed by atoms with Crippen molar-refractivity contribution in [2.75, 3.05) is 11.0 Å². The number of sulfonamides is 1. The Balaban J connectivity index is 2.01. The lowest BCUT2D eigenvalue weighted by molar-refractivity contribution is 0.602. The quantitative estimate of drug-likeness (QED) is 0.740. The van der Waals surface area contributed by atoms with Gasteiger partial charge in [0.25, 0.3) is 10.0 Å². The van der Waals surface area contributed by atoms with Crippen LogP contribution in [-0.4, -0.2) is 19.7 Å². The van der Waals surface area contributed by atoms with Crippen LogP contribution < -0.4 is 4.72 Å². The van der Waals surface area contributed by atoms with Gasteiger partial charge in [-0.3, -0.25) is 9.71 Å². The summed E-state index contributed by atoms with van der Waals surface area (Å²) in [6.07, 6.45) is 3.57. The molecule has 0 amide bonds. The molecular formula is C16H14N2O2S2. The number of fused-ring (bicyclic) bond motifs is 1. The van der Waals surface area contributed by atoms with Crippen LogP contribution in [0.15, 0.2) is 70.6 Å². The highest BCUT2D eigenvalue weighted by Crippen LogP contribution is 2.24. The molecule has 3 aromatic rings. The summed E-state index contributed by atoms with van der Waals surface area (Å²) in [6.45, 7) is 0. The van der Waals surface area contributed by atoms with E-state index in [0.717, 1.165) is 10.3 Å². The first kappa shape index (κ1) is 14.9. The van der Waals surface area contributed by atoms with Crippen molar-refractivity contribution in [3.8, 4) is 0 Å². The highest BCUT2D eigenvalue weighted by molar-refractivity contribution is 7.98. The minimum absolute atomic E-state index is 0.180. The molecule has 22 heavy (non-hydrogen) atoms. The Hall–Kier alpha value is -2.05. The number of thioether (sulfide) groups is 1. The van der Waals surface area contributed by atoms with E-state index in [9.17, 15) is 8.42 Å². The fraction of sp³-hybridized carbons (Fsp3) is 0.0625. The number of rotatable bonds is 4. The van der Waals surface area contributed by atoms with Crippen LogP contribution in [0.5, 0.6) is 0 Å². The van der Waals surface area contributed by atoms with Crippen molar-refractivity contribution >= 4 is 38.4 Å². The molecule has 1 heterocycles. The predicted molar refractivity (Wildman–Crippen MR) is 90.8 cm³/mol. The SMILES string of the molecule is CSc1ccc(NS(=O)(=O)c2cccc3cccnc23)cc1. The van der Waals surface area contributed by atoms with Crippen LogP contribution in [-0.2, 0) is 10.0 Å². The molecule has 3 rings (SSSR count). The lowest BCUT2D eigenvalue weighted by atomic mass is 10.2. The minimum atomic E-state index is -3.68. The summed E-state index contributed by atoms with van der Waals surface area (Å²) in [6, 6.07) is 16.0. The number of benzene rings is 2. The first-order chi connectivity index (χ1) is 10.6. The van der Waals surface area contributed by atoms with Gasteiger partial charge < -0.3 is 0 Å². The predicted octanol–water partition coefficient (Wildman–Crippen LogP) is 3.76. The molecule has 0 saturated carbocycles. The topological polar surface area (TPSA) is 59.1 Å². The van der Waals surface area contributed by atoms with Crippen LogP contribution in [0, 0.1) is 0 Å². The second-order valence-corrected chi connectivity index (χ2v) is 7.20. The standard InChI is InChI=1S/C16H14N2O2S2/c1-21-14-9-7-13(8-10-14)18-22(19,20)15-6-2-4-12-5-3-11-17-16(12)15/h2-11,18H,1H3. The molecule has 0 atom stereocenters. The molecule has 0 radical (unpaired) electrons. The summed E-state index contributed by atoms with van der Waals surface area (Å²) in [5.74, 6) is 0. The second-order valence-electron chi connectivity index (χ2n) is 4.67. The van der Waals surface area contributed by atoms with Crippen LogP contribution in [0.1, 0.15) is 0 Å². The second kappa shape index (κ2) is 5.98. The van der Waals surface area contributed by atoms with Crippen LogP contribution in [0.2, 0.25) is 0 Å². The molecule has 0 spiro atoms. The summed E-state index contributed by atoms with van der Waals surface area (Å²) in [5.41, 5.74) is 1.00. The van der Waals surface area contributed by atoms with Gasteiger partial charge in [-0.25, -0.2) is 8.42 Å². The summed E-state index contributed by atoms with van der Waals surface area (Å²) in [4.78, 5) is 5.45. The number of pyridine rings is 1. The number of para-hydroxylation sites is 1. The van der Waals surface area contributed by atoms with Gasteiger partial charge in [0.05, 0.1) is 5.52 Å². The molecule has 4 nitrogen and oxygen atoms in total. The van der Waals surface area contributed by atoms with Gasteiger partial charge in [-0.1, -0.05) is 18.2 Å². The summed E-state index contributed by atoms with van der Waals surface area (Å²) in [5, 5.41) is 0.795. The third-order valence-electron chi connectivity index (χ3n) is 3.23. The van der Waals surface area contributed by atoms with Crippen molar-refractivity contribution in [2.24, 2.45) is 0 Å². The molecule has 1 aromatic heterocycles. The van der Waals surface area contributed by atoms with E-state index in [1.54, 1.807) is 48.3 Å². The van der Waals surface area contributed by atoms with Crippen molar-refractivity contribution < 1.29 is 8.42 Å². The average molecular weight is 330 g/mol. The summed E-state index contributed by atoms with van der Waals surface area (Å²) in [7, 11) is -3.68. The zero-order valence-corrected chi connectivity index (χ0v) is 13.5. The number of nitrogens with zero attached hydrogens (tertiary/aromatic N) is 1. The van der Waals surface area contributed by atoms with E-state index in [4.69, 9.17) is 0 Å². The van der Waals surface area contributed by atoms with Gasteiger partial charge in [0.2, 0.25) is 0 Å². The smallest absolute Gasteiger partial charge is 0.264 e. The fourth-order valence-corrected chi connectivity index (χ4v) is 3.81. The number of nitrogens with one attached hydrogen (secondary N) is 1. The monoisotopic (exact) mass is 330 g/mol. The fourth-order valence-electron chi connectivity index (χ4n) is 2.16. The maximum absolute atomic E-state index is 12.6. The van der Waals surface area contributed by atoms with E-state index in [1.807, 2.05) is 30.5 Å². The molecule has 6 heteroatoms. The van der Waals surface area contributed by atoms with Gasteiger partial charge in [-0.2, -0.15) is 0 Å².